The molecule has 1 aromatic rings. The van der Waals surface area contributed by atoms with Gasteiger partial charge in [0.25, 0.3) is 0 Å². The van der Waals surface area contributed by atoms with Gasteiger partial charge in [-0.1, -0.05) is 12.7 Å². The molecule has 3 heteroatoms. The lowest BCUT2D eigenvalue weighted by Crippen LogP contribution is -1.93. The van der Waals surface area contributed by atoms with Crippen LogP contribution in [0.2, 0.25) is 0 Å². The maximum Gasteiger partial charge on any atom is 0.119 e. The average Bonchev–Trinajstić information content (AvgIpc) is 2.17. The number of ether oxygens (including phenoxy) is 1. The van der Waals surface area contributed by atoms with Crippen LogP contribution in [-0.4, -0.2) is 12.8 Å². The Morgan fingerprint density at radius 3 is 2.62 bits per heavy atom. The number of hydrogen-bond donors (Lipinski definition) is 1. The SMILES string of the molecule is C=CCOc1ccc(C=NN)cc1. The van der Waals surface area contributed by atoms with Crippen molar-refractivity contribution in [2.75, 3.05) is 6.61 Å². The minimum atomic E-state index is 0.518. The normalized spacial score (nSPS) is 10.2. The molecule has 0 aromatic heterocycles. The highest BCUT2D eigenvalue weighted by Crippen LogP contribution is 2.10. The largest absolute Gasteiger partial charge is 0.490 e. The number of nitrogens with zero attached hydrogens (tertiary/aromatic N) is 1. The standard InChI is InChI=1S/C10H12N2O/c1-2-7-13-10-5-3-9(4-6-10)8-12-11/h2-6,8H,1,7,11H2. The lowest BCUT2D eigenvalue weighted by atomic mass is 10.2. The summed E-state index contributed by atoms with van der Waals surface area (Å²) in [6, 6.07) is 7.49. The molecule has 3 nitrogen and oxygen atoms in total. The van der Waals surface area contributed by atoms with Crippen molar-refractivity contribution in [1.82, 2.24) is 0 Å². The van der Waals surface area contributed by atoms with Gasteiger partial charge < -0.3 is 10.6 Å². The van der Waals surface area contributed by atoms with Crippen molar-refractivity contribution >= 4 is 6.21 Å². The predicted molar refractivity (Wildman–Crippen MR) is 53.9 cm³/mol. The monoisotopic (exact) mass is 176 g/mol. The molecule has 68 valence electrons. The van der Waals surface area contributed by atoms with Crippen LogP contribution in [0.5, 0.6) is 5.75 Å². The summed E-state index contributed by atoms with van der Waals surface area (Å²) in [5.41, 5.74) is 0.952. The van der Waals surface area contributed by atoms with Gasteiger partial charge in [-0.25, -0.2) is 0 Å². The highest BCUT2D eigenvalue weighted by atomic mass is 16.5. The summed E-state index contributed by atoms with van der Waals surface area (Å²) >= 11 is 0. The Bertz CT molecular complexity index is 290. The third-order valence-electron chi connectivity index (χ3n) is 1.47. The molecule has 13 heavy (non-hydrogen) atoms. The molecule has 0 bridgehead atoms. The van der Waals surface area contributed by atoms with Crippen LogP contribution < -0.4 is 10.6 Å². The molecular weight excluding hydrogens is 164 g/mol. The van der Waals surface area contributed by atoms with Crippen LogP contribution in [0.3, 0.4) is 0 Å². The fourth-order valence-electron chi connectivity index (χ4n) is 0.891. The summed E-state index contributed by atoms with van der Waals surface area (Å²) in [5, 5.41) is 3.42. The van der Waals surface area contributed by atoms with Gasteiger partial charge in [-0.15, -0.1) is 0 Å². The Balaban J connectivity index is 2.63. The fraction of sp³-hybridized carbons (Fsp3) is 0.100. The summed E-state index contributed by atoms with van der Waals surface area (Å²) < 4.78 is 5.29. The summed E-state index contributed by atoms with van der Waals surface area (Å²) in [6.07, 6.45) is 3.28. The Kier molecular flexibility index (Phi) is 3.57. The van der Waals surface area contributed by atoms with E-state index in [4.69, 9.17) is 10.6 Å². The Morgan fingerprint density at radius 1 is 1.38 bits per heavy atom. The van der Waals surface area contributed by atoms with E-state index in [1.807, 2.05) is 24.3 Å². The van der Waals surface area contributed by atoms with Gasteiger partial charge >= 0.3 is 0 Å². The zero-order chi connectivity index (χ0) is 9.52. The van der Waals surface area contributed by atoms with Gasteiger partial charge in [-0.3, -0.25) is 0 Å². The molecule has 1 rings (SSSR count). The van der Waals surface area contributed by atoms with Crippen molar-refractivity contribution in [2.24, 2.45) is 10.9 Å². The van der Waals surface area contributed by atoms with Gasteiger partial charge in [0.15, 0.2) is 0 Å². The van der Waals surface area contributed by atoms with Crippen LogP contribution in [0, 0.1) is 0 Å². The van der Waals surface area contributed by atoms with Gasteiger partial charge in [-0.2, -0.15) is 5.10 Å². The van der Waals surface area contributed by atoms with Crippen molar-refractivity contribution < 1.29 is 4.74 Å². The van der Waals surface area contributed by atoms with E-state index in [2.05, 4.69) is 11.7 Å². The van der Waals surface area contributed by atoms with E-state index in [0.717, 1.165) is 11.3 Å². The minimum Gasteiger partial charge on any atom is -0.490 e. The number of benzene rings is 1. The van der Waals surface area contributed by atoms with E-state index >= 15 is 0 Å². The fourth-order valence-corrected chi connectivity index (χ4v) is 0.891. The second kappa shape index (κ2) is 4.98. The molecule has 0 aliphatic carbocycles. The smallest absolute Gasteiger partial charge is 0.119 e. The molecule has 0 radical (unpaired) electrons. The molecule has 0 fully saturated rings. The maximum absolute atomic E-state index is 5.29. The highest BCUT2D eigenvalue weighted by molar-refractivity contribution is 5.79. The third kappa shape index (κ3) is 2.99. The van der Waals surface area contributed by atoms with Crippen LogP contribution in [0.25, 0.3) is 0 Å². The van der Waals surface area contributed by atoms with E-state index in [0.29, 0.717) is 6.61 Å². The maximum atomic E-state index is 5.29. The van der Waals surface area contributed by atoms with Crippen LogP contribution in [-0.2, 0) is 0 Å². The summed E-state index contributed by atoms with van der Waals surface area (Å²) in [4.78, 5) is 0. The molecule has 0 amide bonds. The zero-order valence-corrected chi connectivity index (χ0v) is 7.31. The Morgan fingerprint density at radius 2 is 2.08 bits per heavy atom. The molecule has 0 spiro atoms. The van der Waals surface area contributed by atoms with Crippen molar-refractivity contribution in [3.8, 4) is 5.75 Å². The van der Waals surface area contributed by atoms with Gasteiger partial charge in [-0.05, 0) is 29.8 Å². The van der Waals surface area contributed by atoms with E-state index in [1.54, 1.807) is 12.3 Å². The van der Waals surface area contributed by atoms with Gasteiger partial charge in [0, 0.05) is 0 Å². The van der Waals surface area contributed by atoms with Crippen molar-refractivity contribution in [2.45, 2.75) is 0 Å². The second-order valence-electron chi connectivity index (χ2n) is 2.45. The van der Waals surface area contributed by atoms with Crippen LogP contribution in [0.15, 0.2) is 42.0 Å². The predicted octanol–water partition coefficient (Wildman–Crippen LogP) is 1.54. The van der Waals surface area contributed by atoms with Gasteiger partial charge in [0.2, 0.25) is 0 Å². The quantitative estimate of drug-likeness (QED) is 0.327. The summed E-state index contributed by atoms with van der Waals surface area (Å²) in [7, 11) is 0. The van der Waals surface area contributed by atoms with E-state index in [1.165, 1.54) is 0 Å². The Labute approximate surface area is 77.5 Å². The minimum absolute atomic E-state index is 0.518. The van der Waals surface area contributed by atoms with Crippen molar-refractivity contribution in [1.29, 1.82) is 0 Å². The van der Waals surface area contributed by atoms with Gasteiger partial charge in [0.05, 0.1) is 6.21 Å². The third-order valence-corrected chi connectivity index (χ3v) is 1.47. The molecule has 0 atom stereocenters. The first kappa shape index (κ1) is 9.32. The molecule has 2 N–H and O–H groups in total. The Hall–Kier alpha value is -1.77. The van der Waals surface area contributed by atoms with E-state index < -0.39 is 0 Å². The molecule has 0 aliphatic rings. The lowest BCUT2D eigenvalue weighted by molar-refractivity contribution is 0.363. The molecule has 0 saturated carbocycles. The van der Waals surface area contributed by atoms with Crippen molar-refractivity contribution in [3.05, 3.63) is 42.5 Å². The molecule has 0 unspecified atom stereocenters. The van der Waals surface area contributed by atoms with Crippen LogP contribution >= 0.6 is 0 Å². The van der Waals surface area contributed by atoms with E-state index in [9.17, 15) is 0 Å². The molecular formula is C10H12N2O. The first-order chi connectivity index (χ1) is 6.36. The molecule has 0 saturated heterocycles. The number of hydrazone groups is 1. The van der Waals surface area contributed by atoms with E-state index in [-0.39, 0.29) is 0 Å². The topological polar surface area (TPSA) is 47.6 Å². The molecule has 0 heterocycles. The first-order valence-electron chi connectivity index (χ1n) is 3.94. The lowest BCUT2D eigenvalue weighted by Gasteiger charge is -2.01. The summed E-state index contributed by atoms with van der Waals surface area (Å²) in [6.45, 7) is 4.08. The van der Waals surface area contributed by atoms with Gasteiger partial charge in [0.1, 0.15) is 12.4 Å². The zero-order valence-electron chi connectivity index (χ0n) is 7.31. The highest BCUT2D eigenvalue weighted by Gasteiger charge is 1.91. The molecule has 0 aliphatic heterocycles. The molecule has 1 aromatic carbocycles. The van der Waals surface area contributed by atoms with Crippen LogP contribution in [0.4, 0.5) is 0 Å². The second-order valence-corrected chi connectivity index (χ2v) is 2.45. The average molecular weight is 176 g/mol. The number of hydrogen-bond acceptors (Lipinski definition) is 3. The van der Waals surface area contributed by atoms with Crippen LogP contribution in [0.1, 0.15) is 5.56 Å². The first-order valence-corrected chi connectivity index (χ1v) is 3.94. The number of rotatable bonds is 4. The van der Waals surface area contributed by atoms with Crippen molar-refractivity contribution in [3.63, 3.8) is 0 Å². The number of nitrogens with two attached hydrogens (primary N) is 1. The summed E-state index contributed by atoms with van der Waals surface area (Å²) in [5.74, 6) is 5.82.